The van der Waals surface area contributed by atoms with Crippen LogP contribution in [0.25, 0.3) is 11.5 Å². The van der Waals surface area contributed by atoms with Gasteiger partial charge in [-0.2, -0.15) is 0 Å². The number of amides is 2. The van der Waals surface area contributed by atoms with E-state index in [0.717, 1.165) is 42.8 Å². The molecule has 4 rings (SSSR count). The highest BCUT2D eigenvalue weighted by molar-refractivity contribution is 6.39. The van der Waals surface area contributed by atoms with E-state index in [1.807, 2.05) is 24.3 Å². The Balaban J connectivity index is 1.36. The van der Waals surface area contributed by atoms with Crippen molar-refractivity contribution in [2.45, 2.75) is 25.8 Å². The molecule has 2 heterocycles. The Bertz CT molecular complexity index is 1090. The number of rotatable bonds is 7. The zero-order valence-corrected chi connectivity index (χ0v) is 18.7. The lowest BCUT2D eigenvalue weighted by Crippen LogP contribution is -2.41. The molecule has 1 fully saturated rings. The molecule has 2 N–H and O–H groups in total. The predicted octanol–water partition coefficient (Wildman–Crippen LogP) is 2.95. The summed E-state index contributed by atoms with van der Waals surface area (Å²) in [5.41, 5.74) is 2.30. The number of aryl methyl sites for hydroxylation is 1. The second-order valence-corrected chi connectivity index (χ2v) is 7.90. The number of anilines is 1. The molecular weight excluding hydrogens is 422 g/mol. The topological polar surface area (TPSA) is 110 Å². The monoisotopic (exact) mass is 449 g/mol. The van der Waals surface area contributed by atoms with Gasteiger partial charge in [0, 0.05) is 24.7 Å². The van der Waals surface area contributed by atoms with Gasteiger partial charge in [-0.1, -0.05) is 12.1 Å². The molecule has 2 aromatic carbocycles. The molecule has 9 nitrogen and oxygen atoms in total. The van der Waals surface area contributed by atoms with Gasteiger partial charge in [0.15, 0.2) is 0 Å². The Morgan fingerprint density at radius 3 is 2.33 bits per heavy atom. The van der Waals surface area contributed by atoms with E-state index >= 15 is 0 Å². The number of carbonyl (C=O) groups is 2. The average molecular weight is 450 g/mol. The lowest BCUT2D eigenvalue weighted by atomic mass is 10.1. The van der Waals surface area contributed by atoms with E-state index in [4.69, 9.17) is 9.15 Å². The highest BCUT2D eigenvalue weighted by atomic mass is 16.5. The average Bonchev–Trinajstić information content (AvgIpc) is 3.52. The van der Waals surface area contributed by atoms with Crippen LogP contribution in [0, 0.1) is 6.92 Å². The predicted molar refractivity (Wildman–Crippen MR) is 123 cm³/mol. The van der Waals surface area contributed by atoms with Gasteiger partial charge in [-0.05, 0) is 67.9 Å². The number of nitrogens with one attached hydrogen (secondary N) is 2. The van der Waals surface area contributed by atoms with Gasteiger partial charge >= 0.3 is 11.8 Å². The summed E-state index contributed by atoms with van der Waals surface area (Å²) in [6, 6.07) is 14.7. The number of likely N-dealkylation sites (tertiary alicyclic amines) is 1. The SMILES string of the molecule is COc1ccc([C@H](CNC(=O)C(=O)Nc2ccc(-c3nnc(C)o3)cc2)N2CCCC2)cc1. The first-order valence-corrected chi connectivity index (χ1v) is 10.9. The number of nitrogens with zero attached hydrogens (tertiary/aromatic N) is 3. The summed E-state index contributed by atoms with van der Waals surface area (Å²) in [5.74, 6) is 0.258. The van der Waals surface area contributed by atoms with Gasteiger partial charge in [0.25, 0.3) is 0 Å². The molecule has 1 saturated heterocycles. The van der Waals surface area contributed by atoms with Gasteiger partial charge < -0.3 is 19.8 Å². The van der Waals surface area contributed by atoms with Crippen molar-refractivity contribution in [2.24, 2.45) is 0 Å². The Labute approximate surface area is 192 Å². The first-order valence-electron chi connectivity index (χ1n) is 10.9. The largest absolute Gasteiger partial charge is 0.497 e. The van der Waals surface area contributed by atoms with E-state index in [-0.39, 0.29) is 6.04 Å². The van der Waals surface area contributed by atoms with Gasteiger partial charge in [-0.25, -0.2) is 0 Å². The first kappa shape index (κ1) is 22.5. The van der Waals surface area contributed by atoms with E-state index in [2.05, 4.69) is 25.7 Å². The number of hydrogen-bond donors (Lipinski definition) is 2. The van der Waals surface area contributed by atoms with Crippen molar-refractivity contribution in [3.63, 3.8) is 0 Å². The van der Waals surface area contributed by atoms with Crippen LogP contribution in [0.15, 0.2) is 52.9 Å². The number of aromatic nitrogens is 2. The molecule has 1 aliphatic rings. The highest BCUT2D eigenvalue weighted by Crippen LogP contribution is 2.26. The molecule has 0 spiro atoms. The minimum Gasteiger partial charge on any atom is -0.497 e. The third-order valence-electron chi connectivity index (χ3n) is 5.66. The third-order valence-corrected chi connectivity index (χ3v) is 5.66. The molecule has 0 unspecified atom stereocenters. The maximum atomic E-state index is 12.5. The molecule has 0 saturated carbocycles. The molecule has 2 amide bonds. The van der Waals surface area contributed by atoms with E-state index in [9.17, 15) is 9.59 Å². The molecule has 9 heteroatoms. The maximum Gasteiger partial charge on any atom is 0.313 e. The van der Waals surface area contributed by atoms with Gasteiger partial charge in [0.05, 0.1) is 13.2 Å². The van der Waals surface area contributed by atoms with Crippen molar-refractivity contribution >= 4 is 17.5 Å². The molecule has 0 bridgehead atoms. The lowest BCUT2D eigenvalue weighted by Gasteiger charge is -2.28. The van der Waals surface area contributed by atoms with Gasteiger partial charge in [-0.15, -0.1) is 10.2 Å². The van der Waals surface area contributed by atoms with Crippen molar-refractivity contribution in [3.8, 4) is 17.2 Å². The van der Waals surface area contributed by atoms with Crippen molar-refractivity contribution in [1.82, 2.24) is 20.4 Å². The minimum absolute atomic E-state index is 0.00713. The van der Waals surface area contributed by atoms with Crippen molar-refractivity contribution in [3.05, 3.63) is 60.0 Å². The normalized spacial score (nSPS) is 14.6. The van der Waals surface area contributed by atoms with Crippen LogP contribution in [0.1, 0.15) is 30.3 Å². The summed E-state index contributed by atoms with van der Waals surface area (Å²) < 4.78 is 10.6. The molecule has 1 atom stereocenters. The van der Waals surface area contributed by atoms with Crippen LogP contribution < -0.4 is 15.4 Å². The molecule has 3 aromatic rings. The summed E-state index contributed by atoms with van der Waals surface area (Å²) in [5, 5.41) is 13.2. The van der Waals surface area contributed by atoms with Crippen molar-refractivity contribution in [2.75, 3.05) is 32.1 Å². The fourth-order valence-corrected chi connectivity index (χ4v) is 3.90. The van der Waals surface area contributed by atoms with E-state index in [0.29, 0.717) is 24.0 Å². The van der Waals surface area contributed by atoms with E-state index in [1.54, 1.807) is 38.3 Å². The fraction of sp³-hybridized carbons (Fsp3) is 0.333. The highest BCUT2D eigenvalue weighted by Gasteiger charge is 2.25. The van der Waals surface area contributed by atoms with Gasteiger partial charge in [-0.3, -0.25) is 14.5 Å². The van der Waals surface area contributed by atoms with Crippen LogP contribution in [0.3, 0.4) is 0 Å². The quantitative estimate of drug-likeness (QED) is 0.534. The molecule has 1 aromatic heterocycles. The number of hydrogen-bond acceptors (Lipinski definition) is 7. The van der Waals surface area contributed by atoms with Crippen LogP contribution in [0.2, 0.25) is 0 Å². The number of carbonyl (C=O) groups excluding carboxylic acids is 2. The summed E-state index contributed by atoms with van der Waals surface area (Å²) in [6.07, 6.45) is 2.25. The summed E-state index contributed by atoms with van der Waals surface area (Å²) in [4.78, 5) is 27.3. The number of methoxy groups -OCH3 is 1. The van der Waals surface area contributed by atoms with Gasteiger partial charge in [0.2, 0.25) is 11.8 Å². The van der Waals surface area contributed by atoms with Gasteiger partial charge in [0.1, 0.15) is 5.75 Å². The smallest absolute Gasteiger partial charge is 0.313 e. The Hall–Kier alpha value is -3.72. The molecule has 0 aliphatic carbocycles. The van der Waals surface area contributed by atoms with Crippen LogP contribution in [0.5, 0.6) is 5.75 Å². The molecule has 0 radical (unpaired) electrons. The third kappa shape index (κ3) is 5.56. The second kappa shape index (κ2) is 10.3. The van der Waals surface area contributed by atoms with E-state index in [1.165, 1.54) is 0 Å². The van der Waals surface area contributed by atoms with Crippen molar-refractivity contribution < 1.29 is 18.7 Å². The number of ether oxygens (including phenoxy) is 1. The number of benzene rings is 2. The molecular formula is C24H27N5O4. The Kier molecular flexibility index (Phi) is 6.99. The first-order chi connectivity index (χ1) is 16.0. The van der Waals surface area contributed by atoms with Crippen LogP contribution >= 0.6 is 0 Å². The van der Waals surface area contributed by atoms with Crippen LogP contribution in [-0.2, 0) is 9.59 Å². The zero-order valence-electron chi connectivity index (χ0n) is 18.7. The van der Waals surface area contributed by atoms with Crippen LogP contribution in [-0.4, -0.2) is 53.7 Å². The van der Waals surface area contributed by atoms with E-state index < -0.39 is 11.8 Å². The Morgan fingerprint density at radius 1 is 1.03 bits per heavy atom. The summed E-state index contributed by atoms with van der Waals surface area (Å²) in [6.45, 7) is 3.98. The Morgan fingerprint density at radius 2 is 1.73 bits per heavy atom. The maximum absolute atomic E-state index is 12.5. The second-order valence-electron chi connectivity index (χ2n) is 7.90. The molecule has 1 aliphatic heterocycles. The standard InChI is InChI=1S/C24H27N5O4/c1-16-27-28-24(33-16)18-5-9-19(10-6-18)26-23(31)22(30)25-15-21(29-13-3-4-14-29)17-7-11-20(32-2)12-8-17/h5-12,21H,3-4,13-15H2,1-2H3,(H,25,30)(H,26,31)/t21-/m0/s1. The summed E-state index contributed by atoms with van der Waals surface area (Å²) in [7, 11) is 1.63. The van der Waals surface area contributed by atoms with Crippen molar-refractivity contribution in [1.29, 1.82) is 0 Å². The molecule has 33 heavy (non-hydrogen) atoms. The van der Waals surface area contributed by atoms with Crippen LogP contribution in [0.4, 0.5) is 5.69 Å². The molecule has 172 valence electrons. The summed E-state index contributed by atoms with van der Waals surface area (Å²) >= 11 is 0. The fourth-order valence-electron chi connectivity index (χ4n) is 3.90. The minimum atomic E-state index is -0.716. The zero-order chi connectivity index (χ0) is 23.2. The lowest BCUT2D eigenvalue weighted by molar-refractivity contribution is -0.136.